The third kappa shape index (κ3) is 6.49. The molecule has 1 aromatic heterocycles. The molecule has 0 aliphatic carbocycles. The Labute approximate surface area is 207 Å². The molecule has 0 amide bonds. The maximum Gasteiger partial charge on any atom is 0.193 e. The van der Waals surface area contributed by atoms with Crippen molar-refractivity contribution < 1.29 is 9.47 Å². The lowest BCUT2D eigenvalue weighted by atomic mass is 10.00. The Morgan fingerprint density at radius 1 is 1.19 bits per heavy atom. The molecule has 0 saturated carbocycles. The summed E-state index contributed by atoms with van der Waals surface area (Å²) in [5.74, 6) is 4.50. The second-order valence-corrected chi connectivity index (χ2v) is 8.32. The molecule has 2 aliphatic rings. The van der Waals surface area contributed by atoms with Crippen LogP contribution in [0.15, 0.2) is 29.5 Å². The highest BCUT2D eigenvalue weighted by molar-refractivity contribution is 14.0. The number of hydrogen-bond donors (Lipinski definition) is 1. The van der Waals surface area contributed by atoms with E-state index in [4.69, 9.17) is 14.5 Å². The van der Waals surface area contributed by atoms with Gasteiger partial charge in [0.2, 0.25) is 0 Å². The molecule has 4 rings (SSSR count). The van der Waals surface area contributed by atoms with Gasteiger partial charge in [0, 0.05) is 39.1 Å². The minimum atomic E-state index is 0. The molecule has 0 atom stereocenters. The topological polar surface area (TPSA) is 76.8 Å². The number of nitrogens with zero attached hydrogens (tertiary/aromatic N) is 5. The predicted molar refractivity (Wildman–Crippen MR) is 136 cm³/mol. The van der Waals surface area contributed by atoms with Crippen molar-refractivity contribution in [2.75, 3.05) is 39.4 Å². The number of benzene rings is 1. The molecule has 8 nitrogen and oxygen atoms in total. The van der Waals surface area contributed by atoms with Gasteiger partial charge in [0.05, 0.1) is 0 Å². The summed E-state index contributed by atoms with van der Waals surface area (Å²) in [4.78, 5) is 7.36. The number of rotatable bonds is 7. The van der Waals surface area contributed by atoms with E-state index in [0.29, 0.717) is 13.2 Å². The molecule has 0 spiro atoms. The zero-order valence-electron chi connectivity index (χ0n) is 19.1. The van der Waals surface area contributed by atoms with E-state index in [1.165, 1.54) is 18.4 Å². The molecule has 32 heavy (non-hydrogen) atoms. The summed E-state index contributed by atoms with van der Waals surface area (Å²) in [6.45, 7) is 10.2. The lowest BCUT2D eigenvalue weighted by Gasteiger charge is -2.33. The first-order chi connectivity index (χ1) is 15.2. The normalized spacial score (nSPS) is 16.6. The van der Waals surface area contributed by atoms with Crippen LogP contribution in [-0.2, 0) is 19.4 Å². The molecule has 1 aromatic carbocycles. The first-order valence-electron chi connectivity index (χ1n) is 11.5. The van der Waals surface area contributed by atoms with Gasteiger partial charge >= 0.3 is 0 Å². The van der Waals surface area contributed by atoms with Crippen molar-refractivity contribution in [2.45, 2.75) is 46.1 Å². The second-order valence-electron chi connectivity index (χ2n) is 8.32. The number of halogens is 1. The average Bonchev–Trinajstić information content (AvgIpc) is 3.26. The summed E-state index contributed by atoms with van der Waals surface area (Å²) < 4.78 is 13.4. The Kier molecular flexibility index (Phi) is 9.43. The molecule has 0 unspecified atom stereocenters. The quantitative estimate of drug-likeness (QED) is 0.322. The van der Waals surface area contributed by atoms with Crippen LogP contribution in [0, 0.1) is 5.92 Å². The third-order valence-electron chi connectivity index (χ3n) is 6.00. The van der Waals surface area contributed by atoms with Gasteiger partial charge in [-0.05, 0) is 42.9 Å². The van der Waals surface area contributed by atoms with Crippen molar-refractivity contribution >= 4 is 29.9 Å². The number of guanidine groups is 1. The van der Waals surface area contributed by atoms with E-state index in [1.807, 2.05) is 12.4 Å². The molecule has 0 radical (unpaired) electrons. The van der Waals surface area contributed by atoms with Crippen molar-refractivity contribution in [2.24, 2.45) is 10.9 Å². The Morgan fingerprint density at radius 3 is 2.75 bits per heavy atom. The maximum atomic E-state index is 5.71. The molecule has 9 heteroatoms. The standard InChI is InChI=1S/C23H34N6O2.HI/c1-3-22-27-26-17-29(22)13-10-25-23(28-11-7-18(2)8-12-28)24-9-6-19-4-5-20-21(16-19)31-15-14-30-20;/h4-5,16-18H,3,6-15H2,1-2H3,(H,24,25);1H. The molecule has 1 saturated heterocycles. The number of aromatic nitrogens is 3. The van der Waals surface area contributed by atoms with E-state index >= 15 is 0 Å². The smallest absolute Gasteiger partial charge is 0.193 e. The van der Waals surface area contributed by atoms with Gasteiger partial charge in [0.1, 0.15) is 25.4 Å². The molecule has 176 valence electrons. The van der Waals surface area contributed by atoms with E-state index in [2.05, 4.69) is 51.0 Å². The number of aryl methyl sites for hydroxylation is 1. The molecule has 0 bridgehead atoms. The van der Waals surface area contributed by atoms with Crippen LogP contribution in [0.5, 0.6) is 11.5 Å². The minimum Gasteiger partial charge on any atom is -0.486 e. The molecule has 1 N–H and O–H groups in total. The Balaban J connectivity index is 0.00000289. The van der Waals surface area contributed by atoms with Gasteiger partial charge < -0.3 is 24.3 Å². The van der Waals surface area contributed by atoms with Crippen molar-refractivity contribution in [3.05, 3.63) is 35.9 Å². The summed E-state index contributed by atoms with van der Waals surface area (Å²) in [6.07, 6.45) is 6.00. The van der Waals surface area contributed by atoms with Crippen LogP contribution in [0.2, 0.25) is 0 Å². The van der Waals surface area contributed by atoms with E-state index in [-0.39, 0.29) is 24.0 Å². The fourth-order valence-electron chi connectivity index (χ4n) is 4.05. The second kappa shape index (κ2) is 12.3. The van der Waals surface area contributed by atoms with Gasteiger partial charge in [-0.2, -0.15) is 0 Å². The summed E-state index contributed by atoms with van der Waals surface area (Å²) in [7, 11) is 0. The van der Waals surface area contributed by atoms with E-state index < -0.39 is 0 Å². The largest absolute Gasteiger partial charge is 0.486 e. The first-order valence-corrected chi connectivity index (χ1v) is 11.5. The van der Waals surface area contributed by atoms with Gasteiger partial charge in [0.25, 0.3) is 0 Å². The number of ether oxygens (including phenoxy) is 2. The first kappa shape index (κ1) is 24.6. The average molecular weight is 554 g/mol. The minimum absolute atomic E-state index is 0. The highest BCUT2D eigenvalue weighted by atomic mass is 127. The summed E-state index contributed by atoms with van der Waals surface area (Å²) in [6, 6.07) is 6.19. The van der Waals surface area contributed by atoms with Gasteiger partial charge in [0.15, 0.2) is 17.5 Å². The van der Waals surface area contributed by atoms with Crippen LogP contribution < -0.4 is 14.8 Å². The van der Waals surface area contributed by atoms with Crippen LogP contribution in [-0.4, -0.2) is 65.0 Å². The monoisotopic (exact) mass is 554 g/mol. The van der Waals surface area contributed by atoms with Crippen molar-refractivity contribution in [1.82, 2.24) is 25.0 Å². The van der Waals surface area contributed by atoms with Crippen molar-refractivity contribution in [3.63, 3.8) is 0 Å². The fraction of sp³-hybridized carbons (Fsp3) is 0.609. The lowest BCUT2D eigenvalue weighted by molar-refractivity contribution is 0.171. The predicted octanol–water partition coefficient (Wildman–Crippen LogP) is 3.15. The van der Waals surface area contributed by atoms with E-state index in [1.54, 1.807) is 0 Å². The van der Waals surface area contributed by atoms with Crippen LogP contribution in [0.4, 0.5) is 0 Å². The summed E-state index contributed by atoms with van der Waals surface area (Å²) in [5, 5.41) is 11.8. The lowest BCUT2D eigenvalue weighted by Crippen LogP contribution is -2.46. The molecular formula is C23H35IN6O2. The summed E-state index contributed by atoms with van der Waals surface area (Å²) >= 11 is 0. The molecule has 2 aliphatic heterocycles. The Bertz CT molecular complexity index is 879. The number of hydrogen-bond acceptors (Lipinski definition) is 5. The third-order valence-corrected chi connectivity index (χ3v) is 6.00. The van der Waals surface area contributed by atoms with Gasteiger partial charge in [-0.15, -0.1) is 34.2 Å². The van der Waals surface area contributed by atoms with Crippen LogP contribution >= 0.6 is 24.0 Å². The Hall–Kier alpha value is -2.04. The van der Waals surface area contributed by atoms with E-state index in [0.717, 1.165) is 74.8 Å². The van der Waals surface area contributed by atoms with Crippen LogP contribution in [0.25, 0.3) is 0 Å². The maximum absolute atomic E-state index is 5.71. The molecule has 2 aromatic rings. The number of fused-ring (bicyclic) bond motifs is 1. The van der Waals surface area contributed by atoms with Gasteiger partial charge in [-0.3, -0.25) is 4.99 Å². The Morgan fingerprint density at radius 2 is 1.97 bits per heavy atom. The van der Waals surface area contributed by atoms with Crippen molar-refractivity contribution in [1.29, 1.82) is 0 Å². The zero-order valence-corrected chi connectivity index (χ0v) is 21.5. The van der Waals surface area contributed by atoms with Crippen LogP contribution in [0.3, 0.4) is 0 Å². The number of aliphatic imine (C=N–C) groups is 1. The molecule has 1 fully saturated rings. The molecular weight excluding hydrogens is 519 g/mol. The molecule has 3 heterocycles. The number of piperidine rings is 1. The highest BCUT2D eigenvalue weighted by Crippen LogP contribution is 2.30. The van der Waals surface area contributed by atoms with Gasteiger partial charge in [-0.25, -0.2) is 0 Å². The SMILES string of the molecule is CCc1nncn1CCNC(=NCCc1ccc2c(c1)OCCO2)N1CCC(C)CC1.I. The summed E-state index contributed by atoms with van der Waals surface area (Å²) in [5.41, 5.74) is 1.22. The van der Waals surface area contributed by atoms with Crippen molar-refractivity contribution in [3.8, 4) is 11.5 Å². The van der Waals surface area contributed by atoms with Crippen LogP contribution in [0.1, 0.15) is 38.1 Å². The van der Waals surface area contributed by atoms with Gasteiger partial charge in [-0.1, -0.05) is 19.9 Å². The fourth-order valence-corrected chi connectivity index (χ4v) is 4.05. The number of nitrogens with one attached hydrogen (secondary N) is 1. The van der Waals surface area contributed by atoms with E-state index in [9.17, 15) is 0 Å². The zero-order chi connectivity index (χ0) is 21.5. The number of likely N-dealkylation sites (tertiary alicyclic amines) is 1. The highest BCUT2D eigenvalue weighted by Gasteiger charge is 2.19.